The molecule has 0 heterocycles. The van der Waals surface area contributed by atoms with Crippen LogP contribution < -0.4 is 4.74 Å². The molecule has 0 unspecified atom stereocenters. The van der Waals surface area contributed by atoms with Gasteiger partial charge in [-0.2, -0.15) is 0 Å². The molecule has 0 saturated heterocycles. The van der Waals surface area contributed by atoms with Crippen molar-refractivity contribution >= 4 is 13.6 Å². The molecule has 0 aliphatic heterocycles. The highest BCUT2D eigenvalue weighted by Gasteiger charge is 2.09. The lowest BCUT2D eigenvalue weighted by Gasteiger charge is -2.06. The van der Waals surface area contributed by atoms with Gasteiger partial charge in [0, 0.05) is 0 Å². The van der Waals surface area contributed by atoms with E-state index in [1.165, 1.54) is 0 Å². The van der Waals surface area contributed by atoms with E-state index in [0.717, 1.165) is 5.56 Å². The van der Waals surface area contributed by atoms with Gasteiger partial charge in [0.15, 0.2) is 5.78 Å². The molecule has 13 heavy (non-hydrogen) atoms. The van der Waals surface area contributed by atoms with Crippen LogP contribution in [0.25, 0.3) is 0 Å². The second-order valence-electron chi connectivity index (χ2n) is 2.98. The van der Waals surface area contributed by atoms with Crippen molar-refractivity contribution < 1.29 is 9.53 Å². The topological polar surface area (TPSA) is 26.3 Å². The summed E-state index contributed by atoms with van der Waals surface area (Å²) in [7, 11) is 3.43. The summed E-state index contributed by atoms with van der Waals surface area (Å²) < 4.78 is 5.10. The molecule has 3 heteroatoms. The lowest BCUT2D eigenvalue weighted by molar-refractivity contribution is 0.101. The van der Waals surface area contributed by atoms with E-state index in [-0.39, 0.29) is 5.78 Å². The first-order valence-corrected chi connectivity index (χ1v) is 4.37. The van der Waals surface area contributed by atoms with Crippen LogP contribution in [-0.4, -0.2) is 20.7 Å². The molecule has 0 amide bonds. The second-order valence-corrected chi connectivity index (χ2v) is 2.98. The number of ether oxygens (including phenoxy) is 1. The van der Waals surface area contributed by atoms with Crippen LogP contribution in [0, 0.1) is 6.92 Å². The molecule has 0 atom stereocenters. The van der Waals surface area contributed by atoms with Crippen molar-refractivity contribution in [2.45, 2.75) is 13.2 Å². The summed E-state index contributed by atoms with van der Waals surface area (Å²) in [6.07, 6.45) is 0.514. The van der Waals surface area contributed by atoms with Crippen molar-refractivity contribution in [3.63, 3.8) is 0 Å². The summed E-state index contributed by atoms with van der Waals surface area (Å²) in [6, 6.07) is 5.63. The van der Waals surface area contributed by atoms with Crippen LogP contribution in [0.2, 0.25) is 6.32 Å². The Morgan fingerprint density at radius 2 is 2.23 bits per heavy atom. The monoisotopic (exact) mass is 176 g/mol. The summed E-state index contributed by atoms with van der Waals surface area (Å²) in [4.78, 5) is 11.5. The van der Waals surface area contributed by atoms with Crippen LogP contribution in [0.15, 0.2) is 18.2 Å². The number of aryl methyl sites for hydroxylation is 1. The first-order chi connectivity index (χ1) is 6.19. The molecule has 0 aromatic heterocycles. The molecule has 1 aromatic carbocycles. The zero-order valence-electron chi connectivity index (χ0n) is 8.26. The summed E-state index contributed by atoms with van der Waals surface area (Å²) in [5, 5.41) is 0. The van der Waals surface area contributed by atoms with Crippen LogP contribution in [0.4, 0.5) is 0 Å². The van der Waals surface area contributed by atoms with Gasteiger partial charge in [-0.25, -0.2) is 0 Å². The van der Waals surface area contributed by atoms with Gasteiger partial charge in [-0.05, 0) is 25.4 Å². The van der Waals surface area contributed by atoms with E-state index in [1.54, 1.807) is 7.11 Å². The molecule has 1 rings (SSSR count). The number of methoxy groups -OCH3 is 1. The molecule has 1 aromatic rings. The Bertz CT molecular complexity index is 321. The molecule has 0 aliphatic carbocycles. The standard InChI is InChI=1S/C10H13BO2/c1-7-3-4-10(13-2)8(5-7)9(12)6-11/h3-5H,6,11H2,1-2H3. The fourth-order valence-electron chi connectivity index (χ4n) is 1.23. The molecule has 0 aliphatic rings. The molecular weight excluding hydrogens is 163 g/mol. The highest BCUT2D eigenvalue weighted by atomic mass is 16.5. The predicted octanol–water partition coefficient (Wildman–Crippen LogP) is 1.24. The molecule has 0 bridgehead atoms. The Hall–Kier alpha value is -1.25. The highest BCUT2D eigenvalue weighted by molar-refractivity contribution is 6.24. The first kappa shape index (κ1) is 9.84. The van der Waals surface area contributed by atoms with Crippen molar-refractivity contribution in [3.8, 4) is 5.75 Å². The summed E-state index contributed by atoms with van der Waals surface area (Å²) in [5.41, 5.74) is 1.77. The van der Waals surface area contributed by atoms with Crippen LogP contribution in [0.5, 0.6) is 5.75 Å². The number of rotatable bonds is 3. The third-order valence-corrected chi connectivity index (χ3v) is 1.98. The normalized spacial score (nSPS) is 9.69. The molecule has 0 saturated carbocycles. The second kappa shape index (κ2) is 4.12. The molecular formula is C10H13BO2. The number of hydrogen-bond donors (Lipinski definition) is 0. The van der Waals surface area contributed by atoms with Crippen molar-refractivity contribution in [1.29, 1.82) is 0 Å². The molecule has 0 fully saturated rings. The molecule has 0 spiro atoms. The number of carbonyl (C=O) groups is 1. The van der Waals surface area contributed by atoms with Crippen LogP contribution in [-0.2, 0) is 0 Å². The maximum Gasteiger partial charge on any atom is 0.158 e. The lowest BCUT2D eigenvalue weighted by Crippen LogP contribution is -2.01. The maximum atomic E-state index is 11.5. The van der Waals surface area contributed by atoms with Crippen LogP contribution in [0.3, 0.4) is 0 Å². The minimum absolute atomic E-state index is 0.126. The summed E-state index contributed by atoms with van der Waals surface area (Å²) >= 11 is 0. The Labute approximate surface area is 79.3 Å². The maximum absolute atomic E-state index is 11.5. The fourth-order valence-corrected chi connectivity index (χ4v) is 1.23. The van der Waals surface area contributed by atoms with Crippen LogP contribution in [0.1, 0.15) is 15.9 Å². The number of Topliss-reactive ketones (excluding diaryl/α,β-unsaturated/α-hetero) is 1. The van der Waals surface area contributed by atoms with Crippen LogP contribution >= 0.6 is 0 Å². The van der Waals surface area contributed by atoms with Gasteiger partial charge in [0.25, 0.3) is 0 Å². The lowest BCUT2D eigenvalue weighted by atomic mass is 9.94. The van der Waals surface area contributed by atoms with E-state index in [9.17, 15) is 4.79 Å². The van der Waals surface area contributed by atoms with E-state index in [4.69, 9.17) is 4.74 Å². The molecule has 2 nitrogen and oxygen atoms in total. The van der Waals surface area contributed by atoms with Gasteiger partial charge < -0.3 is 4.74 Å². The first-order valence-electron chi connectivity index (χ1n) is 4.37. The zero-order chi connectivity index (χ0) is 9.84. The Balaban J connectivity index is 3.15. The molecule has 68 valence electrons. The van der Waals surface area contributed by atoms with E-state index >= 15 is 0 Å². The number of ketones is 1. The highest BCUT2D eigenvalue weighted by Crippen LogP contribution is 2.20. The fraction of sp³-hybridized carbons (Fsp3) is 0.300. The summed E-state index contributed by atoms with van der Waals surface area (Å²) in [6.45, 7) is 1.96. The van der Waals surface area contributed by atoms with Crippen molar-refractivity contribution in [2.24, 2.45) is 0 Å². The van der Waals surface area contributed by atoms with E-state index in [2.05, 4.69) is 0 Å². The van der Waals surface area contributed by atoms with E-state index in [1.807, 2.05) is 33.0 Å². The third kappa shape index (κ3) is 2.11. The molecule has 0 N–H and O–H groups in total. The van der Waals surface area contributed by atoms with E-state index < -0.39 is 0 Å². The number of carbonyl (C=O) groups excluding carboxylic acids is 1. The Morgan fingerprint density at radius 3 is 2.77 bits per heavy atom. The predicted molar refractivity (Wildman–Crippen MR) is 55.4 cm³/mol. The largest absolute Gasteiger partial charge is 0.496 e. The van der Waals surface area contributed by atoms with Gasteiger partial charge in [-0.3, -0.25) is 4.79 Å². The number of benzene rings is 1. The minimum Gasteiger partial charge on any atom is -0.496 e. The average molecular weight is 176 g/mol. The van der Waals surface area contributed by atoms with Crippen molar-refractivity contribution in [3.05, 3.63) is 29.3 Å². The van der Waals surface area contributed by atoms with Gasteiger partial charge in [0.05, 0.1) is 12.7 Å². The van der Waals surface area contributed by atoms with Crippen molar-refractivity contribution in [1.82, 2.24) is 0 Å². The smallest absolute Gasteiger partial charge is 0.158 e. The quantitative estimate of drug-likeness (QED) is 0.511. The van der Waals surface area contributed by atoms with E-state index in [0.29, 0.717) is 17.6 Å². The number of hydrogen-bond acceptors (Lipinski definition) is 2. The molecule has 0 radical (unpaired) electrons. The summed E-state index contributed by atoms with van der Waals surface area (Å²) in [5.74, 6) is 0.790. The van der Waals surface area contributed by atoms with Crippen molar-refractivity contribution in [2.75, 3.05) is 7.11 Å². The van der Waals surface area contributed by atoms with Gasteiger partial charge in [0.1, 0.15) is 13.6 Å². The van der Waals surface area contributed by atoms with Gasteiger partial charge in [-0.1, -0.05) is 11.6 Å². The Morgan fingerprint density at radius 1 is 1.54 bits per heavy atom. The van der Waals surface area contributed by atoms with Gasteiger partial charge in [-0.15, -0.1) is 0 Å². The minimum atomic E-state index is 0.126. The zero-order valence-corrected chi connectivity index (χ0v) is 8.26. The average Bonchev–Trinajstić information content (AvgIpc) is 2.16. The Kier molecular flexibility index (Phi) is 3.12. The third-order valence-electron chi connectivity index (χ3n) is 1.98. The van der Waals surface area contributed by atoms with Gasteiger partial charge in [0.2, 0.25) is 0 Å². The van der Waals surface area contributed by atoms with Gasteiger partial charge >= 0.3 is 0 Å². The SMILES string of the molecule is BCC(=O)c1cc(C)ccc1OC.